The lowest BCUT2D eigenvalue weighted by atomic mass is 9.96. The van der Waals surface area contributed by atoms with Crippen LogP contribution in [0.1, 0.15) is 24.3 Å². The molecule has 170 valence electrons. The van der Waals surface area contributed by atoms with E-state index >= 15 is 0 Å². The Hall–Kier alpha value is -3.68. The minimum atomic E-state index is -0.637. The lowest BCUT2D eigenvalue weighted by Gasteiger charge is -2.24. The van der Waals surface area contributed by atoms with Crippen LogP contribution in [-0.4, -0.2) is 17.6 Å². The van der Waals surface area contributed by atoms with Gasteiger partial charge >= 0.3 is 5.97 Å². The maximum absolute atomic E-state index is 13.5. The number of aromatic nitrogens is 1. The van der Waals surface area contributed by atoms with E-state index in [2.05, 4.69) is 4.99 Å². The van der Waals surface area contributed by atoms with Gasteiger partial charge in [0, 0.05) is 11.6 Å². The van der Waals surface area contributed by atoms with Gasteiger partial charge in [0.25, 0.3) is 5.56 Å². The molecule has 0 bridgehead atoms. The van der Waals surface area contributed by atoms with Gasteiger partial charge in [-0.3, -0.25) is 9.36 Å². The van der Waals surface area contributed by atoms with Crippen LogP contribution in [0.2, 0.25) is 5.02 Å². The van der Waals surface area contributed by atoms with E-state index in [1.165, 1.54) is 18.4 Å². The molecule has 0 radical (unpaired) electrons. The van der Waals surface area contributed by atoms with Gasteiger partial charge in [-0.15, -0.1) is 0 Å². The molecule has 0 unspecified atom stereocenters. The fraction of sp³-hybridized carbons (Fsp3) is 0.115. The van der Waals surface area contributed by atoms with Crippen molar-refractivity contribution in [1.29, 1.82) is 0 Å². The van der Waals surface area contributed by atoms with E-state index in [1.807, 2.05) is 54.6 Å². The highest BCUT2D eigenvalue weighted by Gasteiger charge is 2.32. The quantitative estimate of drug-likeness (QED) is 0.399. The van der Waals surface area contributed by atoms with E-state index in [0.29, 0.717) is 37.1 Å². The van der Waals surface area contributed by atoms with E-state index in [9.17, 15) is 9.59 Å². The zero-order valence-electron chi connectivity index (χ0n) is 18.3. The molecule has 8 heteroatoms. The van der Waals surface area contributed by atoms with Crippen molar-refractivity contribution in [3.8, 4) is 11.3 Å². The average molecular weight is 491 g/mol. The van der Waals surface area contributed by atoms with Crippen molar-refractivity contribution in [3.05, 3.63) is 114 Å². The van der Waals surface area contributed by atoms with Crippen LogP contribution < -0.4 is 14.9 Å². The normalized spacial score (nSPS) is 15.7. The second-order valence-corrected chi connectivity index (χ2v) is 9.08. The first-order valence-electron chi connectivity index (χ1n) is 10.5. The van der Waals surface area contributed by atoms with Gasteiger partial charge < -0.3 is 9.15 Å². The van der Waals surface area contributed by atoms with Gasteiger partial charge in [-0.2, -0.15) is 0 Å². The van der Waals surface area contributed by atoms with Crippen molar-refractivity contribution >= 4 is 35.0 Å². The van der Waals surface area contributed by atoms with Crippen LogP contribution in [0.5, 0.6) is 0 Å². The van der Waals surface area contributed by atoms with Crippen LogP contribution in [0.15, 0.2) is 92.2 Å². The van der Waals surface area contributed by atoms with Crippen molar-refractivity contribution < 1.29 is 13.9 Å². The second-order valence-electron chi connectivity index (χ2n) is 7.67. The van der Waals surface area contributed by atoms with Gasteiger partial charge in [0.15, 0.2) is 4.80 Å². The first-order chi connectivity index (χ1) is 16.5. The van der Waals surface area contributed by atoms with Gasteiger partial charge in [-0.1, -0.05) is 65.4 Å². The highest BCUT2D eigenvalue weighted by Crippen LogP contribution is 2.31. The summed E-state index contributed by atoms with van der Waals surface area (Å²) in [6, 6.07) is 19.7. The summed E-state index contributed by atoms with van der Waals surface area (Å²) in [6.07, 6.45) is 1.68. The maximum Gasteiger partial charge on any atom is 0.338 e. The number of benzene rings is 2. The Morgan fingerprint density at radius 2 is 1.85 bits per heavy atom. The molecule has 34 heavy (non-hydrogen) atoms. The Labute approximate surface area is 203 Å². The number of methoxy groups -OCH3 is 1. The number of hydrogen-bond donors (Lipinski definition) is 0. The monoisotopic (exact) mass is 490 g/mol. The molecule has 0 saturated heterocycles. The molecule has 0 saturated carbocycles. The minimum Gasteiger partial charge on any atom is -0.466 e. The molecule has 0 N–H and O–H groups in total. The molecule has 1 atom stereocenters. The third-order valence-corrected chi connectivity index (χ3v) is 6.89. The third kappa shape index (κ3) is 3.83. The number of carbonyl (C=O) groups excluding carboxylic acids is 1. The summed E-state index contributed by atoms with van der Waals surface area (Å²) >= 11 is 7.53. The number of carbonyl (C=O) groups is 1. The van der Waals surface area contributed by atoms with Gasteiger partial charge in [0.05, 0.1) is 34.0 Å². The van der Waals surface area contributed by atoms with E-state index in [-0.39, 0.29) is 5.56 Å². The maximum atomic E-state index is 13.5. The number of allylic oxidation sites excluding steroid dienone is 1. The lowest BCUT2D eigenvalue weighted by molar-refractivity contribution is -0.136. The number of halogens is 1. The first kappa shape index (κ1) is 22.1. The van der Waals surface area contributed by atoms with E-state index < -0.39 is 12.0 Å². The summed E-state index contributed by atoms with van der Waals surface area (Å²) < 4.78 is 13.0. The number of ether oxygens (including phenoxy) is 1. The zero-order valence-corrected chi connectivity index (χ0v) is 19.9. The first-order valence-corrected chi connectivity index (χ1v) is 11.7. The molecule has 5 rings (SSSR count). The molecule has 2 aromatic carbocycles. The Bertz CT molecular complexity index is 1610. The SMILES string of the molecule is COC(=O)C1=C(C)N=c2s/c(=C\c3ccc(-c4ccccc4Cl)o3)c(=O)n2[C@@H]1c1ccccc1. The zero-order chi connectivity index (χ0) is 23.8. The van der Waals surface area contributed by atoms with Crippen molar-refractivity contribution in [2.24, 2.45) is 4.99 Å². The fourth-order valence-corrected chi connectivity index (χ4v) is 5.26. The van der Waals surface area contributed by atoms with Crippen LogP contribution in [-0.2, 0) is 9.53 Å². The molecular formula is C26H19ClN2O4S. The summed E-state index contributed by atoms with van der Waals surface area (Å²) in [5.74, 6) is 0.607. The smallest absolute Gasteiger partial charge is 0.338 e. The van der Waals surface area contributed by atoms with E-state index in [1.54, 1.807) is 29.7 Å². The van der Waals surface area contributed by atoms with Gasteiger partial charge in [0.1, 0.15) is 11.5 Å². The van der Waals surface area contributed by atoms with Gasteiger partial charge in [-0.25, -0.2) is 9.79 Å². The van der Waals surface area contributed by atoms with E-state index in [0.717, 1.165) is 11.1 Å². The highest BCUT2D eigenvalue weighted by molar-refractivity contribution is 7.07. The topological polar surface area (TPSA) is 73.8 Å². The molecule has 4 aromatic rings. The standard InChI is InChI=1S/C26H19ClN2O4S/c1-15-22(25(31)32-2)23(16-8-4-3-5-9-16)29-24(30)21(34-26(29)28-15)14-17-12-13-20(33-17)18-10-6-7-11-19(18)27/h3-14,23H,1-2H3/b21-14-/t23-/m1/s1. The lowest BCUT2D eigenvalue weighted by Crippen LogP contribution is -2.39. The van der Waals surface area contributed by atoms with Crippen molar-refractivity contribution in [2.75, 3.05) is 7.11 Å². The molecule has 6 nitrogen and oxygen atoms in total. The summed E-state index contributed by atoms with van der Waals surface area (Å²) in [6.45, 7) is 1.75. The van der Waals surface area contributed by atoms with Gasteiger partial charge in [0.2, 0.25) is 0 Å². The van der Waals surface area contributed by atoms with E-state index in [4.69, 9.17) is 20.8 Å². The van der Waals surface area contributed by atoms with Crippen LogP contribution >= 0.6 is 22.9 Å². The molecule has 0 amide bonds. The van der Waals surface area contributed by atoms with Crippen molar-refractivity contribution in [2.45, 2.75) is 13.0 Å². The number of thiazole rings is 1. The number of furan rings is 1. The molecule has 0 spiro atoms. The van der Waals surface area contributed by atoms with Gasteiger partial charge in [-0.05, 0) is 36.8 Å². The molecular weight excluding hydrogens is 472 g/mol. The van der Waals surface area contributed by atoms with Crippen LogP contribution in [0.3, 0.4) is 0 Å². The molecule has 0 fully saturated rings. The summed E-state index contributed by atoms with van der Waals surface area (Å²) in [5.41, 5.74) is 2.16. The summed E-state index contributed by atoms with van der Waals surface area (Å²) in [5, 5.41) is 0.580. The Balaban J connectivity index is 1.65. The third-order valence-electron chi connectivity index (χ3n) is 5.58. The number of hydrogen-bond acceptors (Lipinski definition) is 6. The predicted molar refractivity (Wildman–Crippen MR) is 131 cm³/mol. The van der Waals surface area contributed by atoms with Crippen molar-refractivity contribution in [1.82, 2.24) is 4.57 Å². The molecule has 3 heterocycles. The van der Waals surface area contributed by atoms with Crippen LogP contribution in [0, 0.1) is 0 Å². The number of nitrogens with zero attached hydrogens (tertiary/aromatic N) is 2. The molecule has 2 aromatic heterocycles. The van der Waals surface area contributed by atoms with Crippen LogP contribution in [0.4, 0.5) is 0 Å². The second kappa shape index (κ2) is 8.93. The Morgan fingerprint density at radius 3 is 2.59 bits per heavy atom. The number of rotatable bonds is 4. The largest absolute Gasteiger partial charge is 0.466 e. The molecule has 0 aliphatic carbocycles. The average Bonchev–Trinajstić information content (AvgIpc) is 3.43. The Kier molecular flexibility index (Phi) is 5.81. The summed E-state index contributed by atoms with van der Waals surface area (Å²) in [7, 11) is 1.32. The van der Waals surface area contributed by atoms with Crippen molar-refractivity contribution in [3.63, 3.8) is 0 Å². The summed E-state index contributed by atoms with van der Waals surface area (Å²) in [4.78, 5) is 31.3. The predicted octanol–water partition coefficient (Wildman–Crippen LogP) is 4.32. The number of fused-ring (bicyclic) bond motifs is 1. The molecule has 1 aliphatic heterocycles. The number of esters is 1. The van der Waals surface area contributed by atoms with Crippen LogP contribution in [0.25, 0.3) is 17.4 Å². The minimum absolute atomic E-state index is 0.262. The molecule has 1 aliphatic rings. The fourth-order valence-electron chi connectivity index (χ4n) is 4.01. The Morgan fingerprint density at radius 1 is 1.12 bits per heavy atom. The highest BCUT2D eigenvalue weighted by atomic mass is 35.5.